The second-order valence-electron chi connectivity index (χ2n) is 12.2. The Kier molecular flexibility index (Phi) is 9.76. The number of nitrogens with zero attached hydrogens (tertiary/aromatic N) is 7. The van der Waals surface area contributed by atoms with Crippen LogP contribution < -0.4 is 33.2 Å². The zero-order chi connectivity index (χ0) is 35.3. The van der Waals surface area contributed by atoms with Crippen molar-refractivity contribution >= 4 is 52.1 Å². The number of benzene rings is 2. The third-order valence-corrected chi connectivity index (χ3v) is 7.55. The molecular weight excluding hydrogens is 632 g/mol. The van der Waals surface area contributed by atoms with Crippen LogP contribution in [0.1, 0.15) is 65.6 Å². The molecule has 5 rings (SSSR count). The van der Waals surface area contributed by atoms with Crippen molar-refractivity contribution < 1.29 is 19.5 Å². The number of aromatic amines is 1. The molecule has 2 amide bonds. The molecule has 18 heteroatoms. The number of H-pyrrole nitrogens is 1. The van der Waals surface area contributed by atoms with E-state index in [1.807, 2.05) is 12.1 Å². The molecule has 1 atom stereocenters. The first-order valence-corrected chi connectivity index (χ1v) is 15.2. The Hall–Kier alpha value is -6.46. The van der Waals surface area contributed by atoms with Crippen LogP contribution in [-0.4, -0.2) is 76.0 Å². The number of nitrogens with one attached hydrogen (secondary N) is 4. The van der Waals surface area contributed by atoms with Gasteiger partial charge in [0.15, 0.2) is 17.0 Å². The van der Waals surface area contributed by atoms with Crippen LogP contribution in [0.15, 0.2) is 42.6 Å². The van der Waals surface area contributed by atoms with Gasteiger partial charge in [-0.15, -0.1) is 10.2 Å². The lowest BCUT2D eigenvalue weighted by atomic mass is 9.85. The smallest absolute Gasteiger partial charge is 0.326 e. The van der Waals surface area contributed by atoms with Crippen LogP contribution in [0.2, 0.25) is 0 Å². The lowest BCUT2D eigenvalue weighted by Gasteiger charge is -2.20. The molecule has 0 saturated heterocycles. The van der Waals surface area contributed by atoms with Crippen molar-refractivity contribution in [2.45, 2.75) is 51.6 Å². The minimum absolute atomic E-state index is 0.00386. The highest BCUT2D eigenvalue weighted by Crippen LogP contribution is 2.29. The summed E-state index contributed by atoms with van der Waals surface area (Å²) in [7, 11) is 0. The van der Waals surface area contributed by atoms with Crippen LogP contribution in [0.4, 0.5) is 23.1 Å². The standard InChI is InChI=1S/C31H36N14O4/c1-31(2,3)16-7-8-18(19(12-16)25-42-44-45-43-25)28(47)35-10-4-5-22(29(48)49)39-27(46)15-6-9-21(20(32)11-15)36-13-17-14-37-26-23(38-17)24(33)40-30(34)41-26/h6-9,11-12,14,22,36H,4-5,10,13,32H2,1-3H3,(H,35,47)(H,39,46)(H,48,49)(H,42,43,44,45)(H4,33,34,37,40,41)/t22-/m0/s1. The van der Waals surface area contributed by atoms with E-state index in [4.69, 9.17) is 17.2 Å². The number of anilines is 4. The summed E-state index contributed by atoms with van der Waals surface area (Å²) in [6.07, 6.45) is 1.84. The summed E-state index contributed by atoms with van der Waals surface area (Å²) in [6, 6.07) is 8.76. The van der Waals surface area contributed by atoms with Gasteiger partial charge in [-0.3, -0.25) is 9.59 Å². The number of carbonyl (C=O) groups is 3. The molecule has 5 aromatic rings. The van der Waals surface area contributed by atoms with Crippen molar-refractivity contribution in [2.24, 2.45) is 0 Å². The average molecular weight is 669 g/mol. The number of aromatic nitrogens is 8. The van der Waals surface area contributed by atoms with Gasteiger partial charge >= 0.3 is 5.97 Å². The molecule has 0 aliphatic heterocycles. The molecule has 0 radical (unpaired) electrons. The first-order valence-electron chi connectivity index (χ1n) is 15.2. The van der Waals surface area contributed by atoms with E-state index in [-0.39, 0.29) is 71.7 Å². The molecule has 0 unspecified atom stereocenters. The van der Waals surface area contributed by atoms with E-state index in [0.717, 1.165) is 5.56 Å². The molecule has 254 valence electrons. The molecule has 0 saturated carbocycles. The van der Waals surface area contributed by atoms with Gasteiger partial charge in [0, 0.05) is 17.7 Å². The third kappa shape index (κ3) is 8.10. The van der Waals surface area contributed by atoms with Crippen molar-refractivity contribution in [3.05, 3.63) is 65.0 Å². The van der Waals surface area contributed by atoms with Crippen LogP contribution in [0, 0.1) is 0 Å². The Morgan fingerprint density at radius 1 is 1.00 bits per heavy atom. The number of fused-ring (bicyclic) bond motifs is 1. The summed E-state index contributed by atoms with van der Waals surface area (Å²) in [4.78, 5) is 54.6. The Balaban J connectivity index is 1.15. The normalized spacial score (nSPS) is 12.0. The molecule has 49 heavy (non-hydrogen) atoms. The second kappa shape index (κ2) is 14.1. The molecule has 0 aliphatic carbocycles. The maximum atomic E-state index is 13.1. The Labute approximate surface area is 279 Å². The monoisotopic (exact) mass is 668 g/mol. The van der Waals surface area contributed by atoms with E-state index >= 15 is 0 Å². The number of carbonyl (C=O) groups excluding carboxylic acids is 2. The average Bonchev–Trinajstić information content (AvgIpc) is 3.60. The zero-order valence-corrected chi connectivity index (χ0v) is 27.0. The summed E-state index contributed by atoms with van der Waals surface area (Å²) in [5, 5.41) is 32.3. The van der Waals surface area contributed by atoms with E-state index in [1.165, 1.54) is 18.3 Å². The van der Waals surface area contributed by atoms with Crippen LogP contribution in [-0.2, 0) is 16.8 Å². The fourth-order valence-electron chi connectivity index (χ4n) is 4.89. The Bertz CT molecular complexity index is 2010. The number of hydrogen-bond donors (Lipinski definition) is 8. The molecule has 2 aromatic carbocycles. The van der Waals surface area contributed by atoms with Gasteiger partial charge < -0.3 is 38.3 Å². The number of aliphatic carboxylic acids is 1. The SMILES string of the molecule is CC(C)(C)c1ccc(C(=O)NCCC[C@H](NC(=O)c2ccc(NCc3cnc4nc(N)nc(N)c4n3)c(N)c2)C(=O)O)c(-c2nn[nH]n2)c1. The van der Waals surface area contributed by atoms with Gasteiger partial charge in [-0.1, -0.05) is 26.8 Å². The number of tetrazole rings is 1. The summed E-state index contributed by atoms with van der Waals surface area (Å²) < 4.78 is 0. The van der Waals surface area contributed by atoms with Gasteiger partial charge in [0.25, 0.3) is 11.8 Å². The summed E-state index contributed by atoms with van der Waals surface area (Å²) >= 11 is 0. The first-order chi connectivity index (χ1) is 23.3. The number of nitrogen functional groups attached to an aromatic ring is 3. The van der Waals surface area contributed by atoms with E-state index in [0.29, 0.717) is 28.0 Å². The molecule has 3 aromatic heterocycles. The summed E-state index contributed by atoms with van der Waals surface area (Å²) in [5.41, 5.74) is 21.4. The van der Waals surface area contributed by atoms with Gasteiger partial charge in [-0.05, 0) is 59.4 Å². The zero-order valence-electron chi connectivity index (χ0n) is 27.0. The molecule has 3 heterocycles. The fraction of sp³-hybridized carbons (Fsp3) is 0.290. The number of carboxylic acid groups (broad SMARTS) is 1. The predicted octanol–water partition coefficient (Wildman–Crippen LogP) is 1.65. The highest BCUT2D eigenvalue weighted by molar-refractivity contribution is 6.00. The van der Waals surface area contributed by atoms with Crippen LogP contribution >= 0.6 is 0 Å². The molecule has 0 spiro atoms. The number of carboxylic acids is 1. The van der Waals surface area contributed by atoms with Crippen LogP contribution in [0.25, 0.3) is 22.6 Å². The lowest BCUT2D eigenvalue weighted by Crippen LogP contribution is -2.41. The van der Waals surface area contributed by atoms with E-state index in [9.17, 15) is 19.5 Å². The number of amides is 2. The Morgan fingerprint density at radius 3 is 2.49 bits per heavy atom. The lowest BCUT2D eigenvalue weighted by molar-refractivity contribution is -0.139. The summed E-state index contributed by atoms with van der Waals surface area (Å²) in [6.45, 7) is 6.54. The first kappa shape index (κ1) is 33.9. The molecule has 0 aliphatic rings. The van der Waals surface area contributed by atoms with E-state index < -0.39 is 17.9 Å². The van der Waals surface area contributed by atoms with Crippen molar-refractivity contribution in [2.75, 3.05) is 29.1 Å². The quantitative estimate of drug-likeness (QED) is 0.0692. The number of hydrogen-bond acceptors (Lipinski definition) is 14. The molecule has 11 N–H and O–H groups in total. The van der Waals surface area contributed by atoms with Crippen molar-refractivity contribution in [1.29, 1.82) is 0 Å². The maximum absolute atomic E-state index is 13.1. The highest BCUT2D eigenvalue weighted by Gasteiger charge is 2.23. The van der Waals surface area contributed by atoms with Gasteiger partial charge in [0.1, 0.15) is 6.04 Å². The maximum Gasteiger partial charge on any atom is 0.326 e. The van der Waals surface area contributed by atoms with E-state index in [2.05, 4.69) is 77.3 Å². The van der Waals surface area contributed by atoms with Crippen molar-refractivity contribution in [3.8, 4) is 11.4 Å². The molecular formula is C31H36N14O4. The van der Waals surface area contributed by atoms with Crippen molar-refractivity contribution in [1.82, 2.24) is 51.2 Å². The van der Waals surface area contributed by atoms with Gasteiger partial charge in [0.2, 0.25) is 11.8 Å². The van der Waals surface area contributed by atoms with Crippen LogP contribution in [0.5, 0.6) is 0 Å². The van der Waals surface area contributed by atoms with Gasteiger partial charge in [0.05, 0.1) is 35.4 Å². The minimum atomic E-state index is -1.21. The highest BCUT2D eigenvalue weighted by atomic mass is 16.4. The molecule has 0 bridgehead atoms. The van der Waals surface area contributed by atoms with Gasteiger partial charge in [-0.25, -0.2) is 14.8 Å². The van der Waals surface area contributed by atoms with Gasteiger partial charge in [-0.2, -0.15) is 15.2 Å². The second-order valence-corrected chi connectivity index (χ2v) is 12.2. The fourth-order valence-corrected chi connectivity index (χ4v) is 4.89. The van der Waals surface area contributed by atoms with Crippen LogP contribution in [0.3, 0.4) is 0 Å². The predicted molar refractivity (Wildman–Crippen MR) is 181 cm³/mol. The number of rotatable bonds is 12. The third-order valence-electron chi connectivity index (χ3n) is 7.55. The summed E-state index contributed by atoms with van der Waals surface area (Å²) in [5.74, 6) is -1.83. The largest absolute Gasteiger partial charge is 0.480 e. The topological polar surface area (TPSA) is 292 Å². The van der Waals surface area contributed by atoms with E-state index in [1.54, 1.807) is 12.1 Å². The number of nitrogens with two attached hydrogens (primary N) is 3. The minimum Gasteiger partial charge on any atom is -0.480 e. The Morgan fingerprint density at radius 2 is 1.80 bits per heavy atom. The van der Waals surface area contributed by atoms with Crippen molar-refractivity contribution in [3.63, 3.8) is 0 Å². The molecule has 18 nitrogen and oxygen atoms in total. The molecule has 0 fully saturated rings.